The molecule has 7 heteroatoms. The number of ether oxygens (including phenoxy) is 1. The lowest BCUT2D eigenvalue weighted by atomic mass is 10.1. The van der Waals surface area contributed by atoms with E-state index in [0.29, 0.717) is 10.9 Å². The van der Waals surface area contributed by atoms with Crippen LogP contribution in [0.25, 0.3) is 11.1 Å². The number of carbonyl (C=O) groups excluding carboxylic acids is 1. The van der Waals surface area contributed by atoms with Crippen LogP contribution in [0.4, 0.5) is 5.69 Å². The van der Waals surface area contributed by atoms with E-state index in [1.807, 2.05) is 78.9 Å². The predicted octanol–water partition coefficient (Wildman–Crippen LogP) is 4.35. The number of hydrogen-bond acceptors (Lipinski definition) is 3. The molecule has 3 N–H and O–H groups in total. The van der Waals surface area contributed by atoms with Gasteiger partial charge in [0.15, 0.2) is 11.7 Å². The number of hydrogen-bond donors (Lipinski definition) is 3. The lowest BCUT2D eigenvalue weighted by Crippen LogP contribution is -2.45. The number of halogens is 1. The van der Waals surface area contributed by atoms with Gasteiger partial charge in [-0.2, -0.15) is 0 Å². The van der Waals surface area contributed by atoms with Gasteiger partial charge in [-0.3, -0.25) is 15.6 Å². The average molecular weight is 503 g/mol. The van der Waals surface area contributed by atoms with E-state index in [1.165, 1.54) is 0 Å². The molecule has 0 bridgehead atoms. The molecule has 0 aliphatic heterocycles. The van der Waals surface area contributed by atoms with Gasteiger partial charge in [-0.25, -0.2) is 0 Å². The van der Waals surface area contributed by atoms with Crippen molar-refractivity contribution < 1.29 is 9.53 Å². The summed E-state index contributed by atoms with van der Waals surface area (Å²) in [5.41, 5.74) is 8.21. The highest BCUT2D eigenvalue weighted by molar-refractivity contribution is 14.1. The molecule has 0 aromatic heterocycles. The summed E-state index contributed by atoms with van der Waals surface area (Å²) in [6.07, 6.45) is 0. The SMILES string of the molecule is O=C(COc1ccc(-c2ccccc2)cc1)NNC(=S)Nc1ccc(I)cc1. The zero-order valence-corrected chi connectivity index (χ0v) is 17.8. The number of benzene rings is 3. The Kier molecular flexibility index (Phi) is 7.21. The molecular formula is C21H18IN3O2S. The number of amides is 1. The molecular weight excluding hydrogens is 485 g/mol. The maximum atomic E-state index is 11.9. The Labute approximate surface area is 182 Å². The molecule has 5 nitrogen and oxygen atoms in total. The summed E-state index contributed by atoms with van der Waals surface area (Å²) in [6.45, 7) is -0.121. The zero-order chi connectivity index (χ0) is 19.8. The molecule has 0 aliphatic carbocycles. The normalized spacial score (nSPS) is 10.0. The summed E-state index contributed by atoms with van der Waals surface area (Å²) in [6, 6.07) is 25.4. The second-order valence-corrected chi connectivity index (χ2v) is 7.47. The lowest BCUT2D eigenvalue weighted by molar-refractivity contribution is -0.123. The van der Waals surface area contributed by atoms with Crippen molar-refractivity contribution >= 4 is 51.5 Å². The first-order valence-corrected chi connectivity index (χ1v) is 9.98. The number of hydrazine groups is 1. The van der Waals surface area contributed by atoms with Crippen molar-refractivity contribution in [1.82, 2.24) is 10.9 Å². The smallest absolute Gasteiger partial charge is 0.276 e. The highest BCUT2D eigenvalue weighted by Gasteiger charge is 2.05. The fourth-order valence-electron chi connectivity index (χ4n) is 2.38. The van der Waals surface area contributed by atoms with Crippen LogP contribution >= 0.6 is 34.8 Å². The van der Waals surface area contributed by atoms with E-state index in [-0.39, 0.29) is 12.5 Å². The van der Waals surface area contributed by atoms with Crippen LogP contribution in [0.1, 0.15) is 0 Å². The van der Waals surface area contributed by atoms with Gasteiger partial charge in [0.2, 0.25) is 0 Å². The van der Waals surface area contributed by atoms with E-state index in [0.717, 1.165) is 20.4 Å². The van der Waals surface area contributed by atoms with Crippen molar-refractivity contribution in [2.24, 2.45) is 0 Å². The van der Waals surface area contributed by atoms with E-state index in [9.17, 15) is 4.79 Å². The fourth-order valence-corrected chi connectivity index (χ4v) is 2.91. The van der Waals surface area contributed by atoms with Crippen molar-refractivity contribution in [3.8, 4) is 16.9 Å². The maximum Gasteiger partial charge on any atom is 0.276 e. The Morgan fingerprint density at radius 3 is 2.18 bits per heavy atom. The summed E-state index contributed by atoms with van der Waals surface area (Å²) in [5, 5.41) is 3.27. The number of carbonyl (C=O) groups is 1. The zero-order valence-electron chi connectivity index (χ0n) is 14.8. The summed E-state index contributed by atoms with van der Waals surface area (Å²) >= 11 is 7.37. The van der Waals surface area contributed by atoms with E-state index >= 15 is 0 Å². The Bertz CT molecular complexity index is 932. The molecule has 0 spiro atoms. The van der Waals surface area contributed by atoms with Gasteiger partial charge in [-0.1, -0.05) is 42.5 Å². The lowest BCUT2D eigenvalue weighted by Gasteiger charge is -2.12. The third-order valence-electron chi connectivity index (χ3n) is 3.75. The molecule has 0 saturated heterocycles. The van der Waals surface area contributed by atoms with Crippen LogP contribution < -0.4 is 20.9 Å². The molecule has 3 aromatic rings. The number of nitrogens with one attached hydrogen (secondary N) is 3. The molecule has 28 heavy (non-hydrogen) atoms. The van der Waals surface area contributed by atoms with E-state index < -0.39 is 0 Å². The second kappa shape index (κ2) is 10.0. The Morgan fingerprint density at radius 1 is 0.857 bits per heavy atom. The van der Waals surface area contributed by atoms with Crippen LogP contribution in [0.5, 0.6) is 5.75 Å². The average Bonchev–Trinajstić information content (AvgIpc) is 2.73. The minimum atomic E-state index is -0.334. The van der Waals surface area contributed by atoms with Gasteiger partial charge in [0.25, 0.3) is 5.91 Å². The molecule has 0 radical (unpaired) electrons. The van der Waals surface area contributed by atoms with Crippen LogP contribution in [0, 0.1) is 3.57 Å². The summed E-state index contributed by atoms with van der Waals surface area (Å²) in [5.74, 6) is 0.285. The molecule has 0 atom stereocenters. The topological polar surface area (TPSA) is 62.4 Å². The standard InChI is InChI=1S/C21H18IN3O2S/c22-17-8-10-18(11-9-17)23-21(28)25-24-20(26)14-27-19-12-6-16(7-13-19)15-4-2-1-3-5-15/h1-13H,14H2,(H,24,26)(H2,23,25,28). The molecule has 0 heterocycles. The first-order valence-electron chi connectivity index (χ1n) is 8.50. The highest BCUT2D eigenvalue weighted by Crippen LogP contribution is 2.21. The van der Waals surface area contributed by atoms with Gasteiger partial charge >= 0.3 is 0 Å². The van der Waals surface area contributed by atoms with Crippen LogP contribution in [0.15, 0.2) is 78.9 Å². The summed E-state index contributed by atoms with van der Waals surface area (Å²) in [4.78, 5) is 11.9. The number of anilines is 1. The first kappa shape index (κ1) is 20.1. The second-order valence-electron chi connectivity index (χ2n) is 5.81. The van der Waals surface area contributed by atoms with Crippen molar-refractivity contribution in [2.45, 2.75) is 0 Å². The number of rotatable bonds is 5. The van der Waals surface area contributed by atoms with Gasteiger partial charge in [0.05, 0.1) is 0 Å². The van der Waals surface area contributed by atoms with Gasteiger partial charge in [0, 0.05) is 9.26 Å². The van der Waals surface area contributed by atoms with Gasteiger partial charge in [-0.15, -0.1) is 0 Å². The van der Waals surface area contributed by atoms with E-state index in [1.54, 1.807) is 0 Å². The predicted molar refractivity (Wildman–Crippen MR) is 124 cm³/mol. The van der Waals surface area contributed by atoms with E-state index in [2.05, 4.69) is 38.8 Å². The fraction of sp³-hybridized carbons (Fsp3) is 0.0476. The molecule has 3 rings (SSSR count). The highest BCUT2D eigenvalue weighted by atomic mass is 127. The van der Waals surface area contributed by atoms with Crippen LogP contribution in [0.3, 0.4) is 0 Å². The number of thiocarbonyl (C=S) groups is 1. The first-order chi connectivity index (χ1) is 13.6. The molecule has 0 saturated carbocycles. The van der Waals surface area contributed by atoms with Crippen molar-refractivity contribution in [3.05, 3.63) is 82.4 Å². The van der Waals surface area contributed by atoms with E-state index in [4.69, 9.17) is 17.0 Å². The molecule has 1 amide bonds. The molecule has 3 aromatic carbocycles. The van der Waals surface area contributed by atoms with Crippen molar-refractivity contribution in [1.29, 1.82) is 0 Å². The quantitative estimate of drug-likeness (QED) is 0.275. The Morgan fingerprint density at radius 2 is 1.50 bits per heavy atom. The van der Waals surface area contributed by atoms with Crippen molar-refractivity contribution in [3.63, 3.8) is 0 Å². The van der Waals surface area contributed by atoms with Crippen LogP contribution in [0.2, 0.25) is 0 Å². The molecule has 0 fully saturated rings. The monoisotopic (exact) mass is 503 g/mol. The van der Waals surface area contributed by atoms with Crippen LogP contribution in [-0.4, -0.2) is 17.6 Å². The third-order valence-corrected chi connectivity index (χ3v) is 4.67. The Hall–Kier alpha value is -2.65. The molecule has 142 valence electrons. The summed E-state index contributed by atoms with van der Waals surface area (Å²) < 4.78 is 6.63. The van der Waals surface area contributed by atoms with Gasteiger partial charge in [0.1, 0.15) is 5.75 Å². The molecule has 0 aliphatic rings. The maximum absolute atomic E-state index is 11.9. The third kappa shape index (κ3) is 6.21. The summed E-state index contributed by atoms with van der Waals surface area (Å²) in [7, 11) is 0. The minimum Gasteiger partial charge on any atom is -0.484 e. The molecule has 0 unspecified atom stereocenters. The van der Waals surface area contributed by atoms with Gasteiger partial charge in [-0.05, 0) is 82.3 Å². The van der Waals surface area contributed by atoms with Gasteiger partial charge < -0.3 is 10.1 Å². The van der Waals surface area contributed by atoms with Crippen LogP contribution in [-0.2, 0) is 4.79 Å². The Balaban J connectivity index is 1.41. The van der Waals surface area contributed by atoms with Crippen molar-refractivity contribution in [2.75, 3.05) is 11.9 Å². The largest absolute Gasteiger partial charge is 0.484 e. The minimum absolute atomic E-state index is 0.121.